The number of furan rings is 1. The van der Waals surface area contributed by atoms with Crippen LogP contribution in [0.3, 0.4) is 0 Å². The lowest BCUT2D eigenvalue weighted by atomic mass is 9.89. The number of carbonyl (C=O) groups is 1. The lowest BCUT2D eigenvalue weighted by Gasteiger charge is -2.14. The third-order valence-corrected chi connectivity index (χ3v) is 6.38. The Labute approximate surface area is 212 Å². The molecule has 0 atom stereocenters. The standard InChI is InChI=1S/C27H22Cl2N4O2/c1-27(2,3)25(34)24-22(30)20-11-19(14-4-7-17(28)8-5-14)23(33-26(20)35-24)18-9-6-15(10-21(18)29)16-12-31-32-13-16/h4-13H,30H2,1-3H3,(H,31,32). The average Bonchev–Trinajstić information content (AvgIpc) is 3.46. The van der Waals surface area contributed by atoms with Gasteiger partial charge in [0.25, 0.3) is 0 Å². The number of hydrogen-bond acceptors (Lipinski definition) is 5. The van der Waals surface area contributed by atoms with Crippen LogP contribution in [0.4, 0.5) is 5.69 Å². The summed E-state index contributed by atoms with van der Waals surface area (Å²) in [4.78, 5) is 17.8. The number of rotatable bonds is 4. The van der Waals surface area contributed by atoms with Gasteiger partial charge in [0.2, 0.25) is 11.5 Å². The first kappa shape index (κ1) is 23.1. The van der Waals surface area contributed by atoms with Gasteiger partial charge in [0.15, 0.2) is 5.76 Å². The second kappa shape index (κ2) is 8.56. The summed E-state index contributed by atoms with van der Waals surface area (Å²) < 4.78 is 5.92. The molecule has 0 spiro atoms. The Kier molecular flexibility index (Phi) is 5.66. The third kappa shape index (κ3) is 4.20. The normalized spacial score (nSPS) is 11.8. The summed E-state index contributed by atoms with van der Waals surface area (Å²) in [6.45, 7) is 5.46. The Morgan fingerprint density at radius 1 is 0.971 bits per heavy atom. The lowest BCUT2D eigenvalue weighted by Crippen LogP contribution is -2.20. The zero-order valence-electron chi connectivity index (χ0n) is 19.3. The number of hydrogen-bond donors (Lipinski definition) is 2. The van der Waals surface area contributed by atoms with E-state index in [0.717, 1.165) is 22.3 Å². The molecule has 0 fully saturated rings. The molecule has 0 unspecified atom stereocenters. The van der Waals surface area contributed by atoms with Crippen molar-refractivity contribution in [2.75, 3.05) is 5.73 Å². The molecule has 0 aliphatic heterocycles. The predicted octanol–water partition coefficient (Wildman–Crippen LogP) is 7.67. The number of nitrogens with zero attached hydrogens (tertiary/aromatic N) is 2. The van der Waals surface area contributed by atoms with Gasteiger partial charge in [-0.25, -0.2) is 4.98 Å². The van der Waals surface area contributed by atoms with Crippen molar-refractivity contribution in [3.05, 3.63) is 76.7 Å². The van der Waals surface area contributed by atoms with Crippen LogP contribution in [-0.2, 0) is 0 Å². The second-order valence-corrected chi connectivity index (χ2v) is 10.2. The molecule has 0 amide bonds. The van der Waals surface area contributed by atoms with E-state index in [1.807, 2.05) is 69.3 Å². The number of fused-ring (bicyclic) bond motifs is 1. The summed E-state index contributed by atoms with van der Waals surface area (Å²) in [5.74, 6) is -0.0781. The molecule has 0 saturated carbocycles. The Hall–Kier alpha value is -3.61. The zero-order valence-corrected chi connectivity index (χ0v) is 20.8. The van der Waals surface area contributed by atoms with E-state index in [4.69, 9.17) is 38.3 Å². The number of nitrogen functional groups attached to an aromatic ring is 1. The van der Waals surface area contributed by atoms with E-state index in [9.17, 15) is 4.79 Å². The molecule has 3 aromatic heterocycles. The fourth-order valence-corrected chi connectivity index (χ4v) is 4.30. The minimum atomic E-state index is -0.657. The van der Waals surface area contributed by atoms with E-state index < -0.39 is 5.41 Å². The predicted molar refractivity (Wildman–Crippen MR) is 141 cm³/mol. The number of ketones is 1. The van der Waals surface area contributed by atoms with Gasteiger partial charge in [-0.2, -0.15) is 5.10 Å². The summed E-state index contributed by atoms with van der Waals surface area (Å²) in [6, 6.07) is 15.0. The minimum Gasteiger partial charge on any atom is -0.432 e. The quantitative estimate of drug-likeness (QED) is 0.244. The molecule has 8 heteroatoms. The molecule has 2 aromatic carbocycles. The maximum absolute atomic E-state index is 13.0. The third-order valence-electron chi connectivity index (χ3n) is 5.82. The highest BCUT2D eigenvalue weighted by atomic mass is 35.5. The van der Waals surface area contributed by atoms with Gasteiger partial charge in [-0.15, -0.1) is 0 Å². The SMILES string of the molecule is CC(C)(C)C(=O)c1oc2nc(-c3ccc(-c4cn[nH]c4)cc3Cl)c(-c3ccc(Cl)cc3)cc2c1N. The van der Waals surface area contributed by atoms with Crippen LogP contribution in [0.15, 0.2) is 65.3 Å². The first-order valence-corrected chi connectivity index (χ1v) is 11.7. The van der Waals surface area contributed by atoms with Gasteiger partial charge in [-0.05, 0) is 35.4 Å². The number of halogens is 2. The van der Waals surface area contributed by atoms with Crippen molar-refractivity contribution in [3.63, 3.8) is 0 Å². The number of aromatic amines is 1. The smallest absolute Gasteiger partial charge is 0.229 e. The average molecular weight is 505 g/mol. The monoisotopic (exact) mass is 504 g/mol. The summed E-state index contributed by atoms with van der Waals surface area (Å²) >= 11 is 12.9. The van der Waals surface area contributed by atoms with Gasteiger partial charge in [-0.3, -0.25) is 9.89 Å². The fraction of sp³-hybridized carbons (Fsp3) is 0.148. The van der Waals surface area contributed by atoms with Gasteiger partial charge >= 0.3 is 0 Å². The van der Waals surface area contributed by atoms with Crippen LogP contribution in [0.1, 0.15) is 31.3 Å². The molecule has 35 heavy (non-hydrogen) atoms. The molecule has 176 valence electrons. The van der Waals surface area contributed by atoms with Crippen molar-refractivity contribution < 1.29 is 9.21 Å². The molecular formula is C27H22Cl2N4O2. The van der Waals surface area contributed by atoms with Crippen LogP contribution < -0.4 is 5.73 Å². The number of aromatic nitrogens is 3. The topological polar surface area (TPSA) is 97.8 Å². The van der Waals surface area contributed by atoms with Gasteiger partial charge in [0.1, 0.15) is 0 Å². The summed E-state index contributed by atoms with van der Waals surface area (Å²) in [5, 5.41) is 8.51. The summed E-state index contributed by atoms with van der Waals surface area (Å²) in [7, 11) is 0. The first-order chi connectivity index (χ1) is 16.6. The van der Waals surface area contributed by atoms with Gasteiger partial charge in [0.05, 0.1) is 28.0 Å². The minimum absolute atomic E-state index is 0.112. The molecular weight excluding hydrogens is 483 g/mol. The molecule has 5 rings (SSSR count). The highest BCUT2D eigenvalue weighted by Crippen LogP contribution is 2.41. The van der Waals surface area contributed by atoms with E-state index in [-0.39, 0.29) is 22.9 Å². The van der Waals surface area contributed by atoms with Crippen LogP contribution in [0.25, 0.3) is 44.6 Å². The van der Waals surface area contributed by atoms with Crippen LogP contribution in [0.2, 0.25) is 10.0 Å². The molecule has 0 bridgehead atoms. The molecule has 0 saturated heterocycles. The Morgan fingerprint density at radius 2 is 1.69 bits per heavy atom. The van der Waals surface area contributed by atoms with Crippen LogP contribution in [-0.4, -0.2) is 21.0 Å². The maximum Gasteiger partial charge on any atom is 0.229 e. The van der Waals surface area contributed by atoms with Gasteiger partial charge in [-0.1, -0.05) is 68.2 Å². The molecule has 3 heterocycles. The van der Waals surface area contributed by atoms with Crippen molar-refractivity contribution in [3.8, 4) is 33.5 Å². The van der Waals surface area contributed by atoms with E-state index in [1.54, 1.807) is 12.4 Å². The summed E-state index contributed by atoms with van der Waals surface area (Å²) in [6.07, 6.45) is 3.53. The number of nitrogens with one attached hydrogen (secondary N) is 1. The van der Waals surface area contributed by atoms with Crippen molar-refractivity contribution in [1.82, 2.24) is 15.2 Å². The number of carbonyl (C=O) groups excluding carboxylic acids is 1. The second-order valence-electron chi connectivity index (χ2n) is 9.35. The highest BCUT2D eigenvalue weighted by molar-refractivity contribution is 6.34. The summed E-state index contributed by atoms with van der Waals surface area (Å²) in [5.41, 5.74) is 11.1. The van der Waals surface area contributed by atoms with Crippen molar-refractivity contribution in [1.29, 1.82) is 0 Å². The fourth-order valence-electron chi connectivity index (χ4n) is 3.90. The number of Topliss-reactive ketones (excluding diaryl/α,β-unsaturated/α-hetero) is 1. The molecule has 5 aromatic rings. The Morgan fingerprint density at radius 3 is 2.31 bits per heavy atom. The Bertz CT molecular complexity index is 1560. The number of H-pyrrole nitrogens is 1. The molecule has 0 aliphatic carbocycles. The van der Waals surface area contributed by atoms with Crippen LogP contribution >= 0.6 is 23.2 Å². The van der Waals surface area contributed by atoms with Crippen LogP contribution in [0, 0.1) is 5.41 Å². The van der Waals surface area contributed by atoms with E-state index in [0.29, 0.717) is 26.7 Å². The first-order valence-electron chi connectivity index (χ1n) is 11.0. The van der Waals surface area contributed by atoms with Crippen molar-refractivity contribution in [2.45, 2.75) is 20.8 Å². The number of pyridine rings is 1. The number of anilines is 1. The zero-order chi connectivity index (χ0) is 24.9. The molecule has 6 nitrogen and oxygen atoms in total. The van der Waals surface area contributed by atoms with Gasteiger partial charge in [0, 0.05) is 33.3 Å². The largest absolute Gasteiger partial charge is 0.432 e. The van der Waals surface area contributed by atoms with E-state index in [1.165, 1.54) is 0 Å². The van der Waals surface area contributed by atoms with Crippen LogP contribution in [0.5, 0.6) is 0 Å². The maximum atomic E-state index is 13.0. The van der Waals surface area contributed by atoms with Crippen molar-refractivity contribution >= 4 is 45.8 Å². The molecule has 0 aliphatic rings. The van der Waals surface area contributed by atoms with E-state index >= 15 is 0 Å². The molecule has 0 radical (unpaired) electrons. The number of nitrogens with two attached hydrogens (primary N) is 1. The molecule has 3 N–H and O–H groups in total. The highest BCUT2D eigenvalue weighted by Gasteiger charge is 2.30. The Balaban J connectivity index is 1.75. The van der Waals surface area contributed by atoms with E-state index in [2.05, 4.69) is 10.2 Å². The van der Waals surface area contributed by atoms with Crippen molar-refractivity contribution in [2.24, 2.45) is 5.41 Å². The number of benzene rings is 2. The lowest BCUT2D eigenvalue weighted by molar-refractivity contribution is 0.0832. The van der Waals surface area contributed by atoms with Gasteiger partial charge < -0.3 is 10.2 Å².